The summed E-state index contributed by atoms with van der Waals surface area (Å²) in [5.74, 6) is 1.69. The molecule has 1 aliphatic carbocycles. The molecular weight excluding hydrogens is 188 g/mol. The summed E-state index contributed by atoms with van der Waals surface area (Å²) in [6.45, 7) is 1.00. The molecule has 4 heteroatoms. The van der Waals surface area contributed by atoms with E-state index in [4.69, 9.17) is 5.73 Å². The van der Waals surface area contributed by atoms with Gasteiger partial charge in [0.1, 0.15) is 5.82 Å². The second-order valence-corrected chi connectivity index (χ2v) is 4.55. The van der Waals surface area contributed by atoms with Gasteiger partial charge in [0, 0.05) is 31.9 Å². The summed E-state index contributed by atoms with van der Waals surface area (Å²) >= 11 is 0. The van der Waals surface area contributed by atoms with Crippen molar-refractivity contribution in [3.05, 3.63) is 12.3 Å². The first-order valence-corrected chi connectivity index (χ1v) is 5.73. The van der Waals surface area contributed by atoms with Crippen LogP contribution in [0.5, 0.6) is 0 Å². The van der Waals surface area contributed by atoms with Crippen molar-refractivity contribution in [3.8, 4) is 0 Å². The van der Waals surface area contributed by atoms with E-state index < -0.39 is 0 Å². The third-order valence-corrected chi connectivity index (χ3v) is 3.11. The van der Waals surface area contributed by atoms with Crippen LogP contribution in [0.1, 0.15) is 25.7 Å². The van der Waals surface area contributed by atoms with Gasteiger partial charge in [0.25, 0.3) is 0 Å². The van der Waals surface area contributed by atoms with Crippen LogP contribution in [0, 0.1) is 5.92 Å². The molecule has 1 fully saturated rings. The third-order valence-electron chi connectivity index (χ3n) is 3.11. The van der Waals surface area contributed by atoms with Gasteiger partial charge < -0.3 is 11.1 Å². The molecule has 0 saturated heterocycles. The van der Waals surface area contributed by atoms with Gasteiger partial charge >= 0.3 is 0 Å². The maximum absolute atomic E-state index is 5.95. The number of rotatable bonds is 3. The number of hydrogen-bond acceptors (Lipinski definition) is 3. The summed E-state index contributed by atoms with van der Waals surface area (Å²) < 4.78 is 1.81. The Kier molecular flexibility index (Phi) is 3.26. The molecule has 1 aromatic heterocycles. The summed E-state index contributed by atoms with van der Waals surface area (Å²) in [5, 5.41) is 7.66. The molecule has 0 aromatic carbocycles. The molecule has 1 aliphatic rings. The Morgan fingerprint density at radius 3 is 3.13 bits per heavy atom. The number of hydrogen-bond donors (Lipinski definition) is 2. The van der Waals surface area contributed by atoms with Crippen molar-refractivity contribution in [1.29, 1.82) is 0 Å². The highest BCUT2D eigenvalue weighted by Gasteiger charge is 2.18. The number of aromatic nitrogens is 2. The van der Waals surface area contributed by atoms with Crippen molar-refractivity contribution >= 4 is 5.82 Å². The summed E-state index contributed by atoms with van der Waals surface area (Å²) in [5.41, 5.74) is 5.95. The van der Waals surface area contributed by atoms with E-state index >= 15 is 0 Å². The highest BCUT2D eigenvalue weighted by molar-refractivity contribution is 5.31. The fourth-order valence-electron chi connectivity index (χ4n) is 2.28. The molecule has 2 unspecified atom stereocenters. The summed E-state index contributed by atoms with van der Waals surface area (Å²) in [6.07, 6.45) is 6.87. The van der Waals surface area contributed by atoms with Crippen LogP contribution in [0.25, 0.3) is 0 Å². The van der Waals surface area contributed by atoms with Gasteiger partial charge in [0.05, 0.1) is 0 Å². The van der Waals surface area contributed by atoms with Crippen molar-refractivity contribution in [3.63, 3.8) is 0 Å². The van der Waals surface area contributed by atoms with Crippen LogP contribution in [-0.2, 0) is 7.05 Å². The molecule has 0 bridgehead atoms. The van der Waals surface area contributed by atoms with Crippen LogP contribution in [0.15, 0.2) is 12.3 Å². The molecular formula is C11H20N4. The molecule has 0 spiro atoms. The second kappa shape index (κ2) is 4.66. The standard InChI is InChI=1S/C11H20N4/c1-15-6-5-11(14-15)13-8-9-3-2-4-10(12)7-9/h5-6,9-10H,2-4,7-8,12H2,1H3,(H,13,14). The Hall–Kier alpha value is -1.03. The normalized spacial score (nSPS) is 26.5. The van der Waals surface area contributed by atoms with E-state index in [1.807, 2.05) is 24.0 Å². The van der Waals surface area contributed by atoms with E-state index in [0.29, 0.717) is 6.04 Å². The Labute approximate surface area is 90.8 Å². The van der Waals surface area contributed by atoms with Gasteiger partial charge in [-0.1, -0.05) is 6.42 Å². The van der Waals surface area contributed by atoms with E-state index in [1.54, 1.807) is 0 Å². The molecule has 2 rings (SSSR count). The van der Waals surface area contributed by atoms with Crippen LogP contribution in [0.2, 0.25) is 0 Å². The van der Waals surface area contributed by atoms with E-state index in [0.717, 1.165) is 24.7 Å². The predicted molar refractivity (Wildman–Crippen MR) is 61.6 cm³/mol. The van der Waals surface area contributed by atoms with E-state index in [1.165, 1.54) is 19.3 Å². The molecule has 4 nitrogen and oxygen atoms in total. The molecule has 0 radical (unpaired) electrons. The van der Waals surface area contributed by atoms with Gasteiger partial charge in [-0.25, -0.2) is 0 Å². The molecule has 1 saturated carbocycles. The van der Waals surface area contributed by atoms with Gasteiger partial charge in [-0.3, -0.25) is 4.68 Å². The van der Waals surface area contributed by atoms with Gasteiger partial charge in [-0.15, -0.1) is 0 Å². The number of aryl methyl sites for hydroxylation is 1. The lowest BCUT2D eigenvalue weighted by atomic mass is 9.86. The van der Waals surface area contributed by atoms with E-state index in [9.17, 15) is 0 Å². The van der Waals surface area contributed by atoms with Gasteiger partial charge in [0.2, 0.25) is 0 Å². The number of nitrogens with zero attached hydrogens (tertiary/aromatic N) is 2. The first-order chi connectivity index (χ1) is 7.24. The van der Waals surface area contributed by atoms with E-state index in [2.05, 4.69) is 10.4 Å². The molecule has 1 heterocycles. The minimum absolute atomic E-state index is 0.411. The molecule has 3 N–H and O–H groups in total. The molecule has 0 aliphatic heterocycles. The van der Waals surface area contributed by atoms with Gasteiger partial charge in [-0.2, -0.15) is 5.10 Å². The number of nitrogens with one attached hydrogen (secondary N) is 1. The van der Waals surface area contributed by atoms with Crippen molar-refractivity contribution in [2.45, 2.75) is 31.7 Å². The maximum Gasteiger partial charge on any atom is 0.147 e. The average molecular weight is 208 g/mol. The summed E-state index contributed by atoms with van der Waals surface area (Å²) in [6, 6.07) is 2.41. The smallest absolute Gasteiger partial charge is 0.147 e. The van der Waals surface area contributed by atoms with Crippen molar-refractivity contribution < 1.29 is 0 Å². The quantitative estimate of drug-likeness (QED) is 0.788. The largest absolute Gasteiger partial charge is 0.368 e. The zero-order chi connectivity index (χ0) is 10.7. The lowest BCUT2D eigenvalue weighted by Gasteiger charge is -2.26. The highest BCUT2D eigenvalue weighted by Crippen LogP contribution is 2.23. The average Bonchev–Trinajstić information content (AvgIpc) is 2.62. The molecule has 84 valence electrons. The minimum Gasteiger partial charge on any atom is -0.368 e. The Bertz CT molecular complexity index is 307. The van der Waals surface area contributed by atoms with Crippen molar-refractivity contribution in [2.75, 3.05) is 11.9 Å². The fourth-order valence-corrected chi connectivity index (χ4v) is 2.28. The van der Waals surface area contributed by atoms with Gasteiger partial charge in [0.15, 0.2) is 0 Å². The zero-order valence-electron chi connectivity index (χ0n) is 9.32. The lowest BCUT2D eigenvalue weighted by molar-refractivity contribution is 0.334. The van der Waals surface area contributed by atoms with Gasteiger partial charge in [-0.05, 0) is 25.2 Å². The third kappa shape index (κ3) is 2.96. The lowest BCUT2D eigenvalue weighted by Crippen LogP contribution is -2.31. The van der Waals surface area contributed by atoms with Crippen LogP contribution >= 0.6 is 0 Å². The SMILES string of the molecule is Cn1ccc(NCC2CCCC(N)C2)n1. The van der Waals surface area contributed by atoms with Crippen LogP contribution in [0.3, 0.4) is 0 Å². The Morgan fingerprint density at radius 2 is 2.47 bits per heavy atom. The first kappa shape index (κ1) is 10.5. The second-order valence-electron chi connectivity index (χ2n) is 4.55. The first-order valence-electron chi connectivity index (χ1n) is 5.73. The number of anilines is 1. The number of nitrogens with two attached hydrogens (primary N) is 1. The van der Waals surface area contributed by atoms with Crippen molar-refractivity contribution in [2.24, 2.45) is 18.7 Å². The Morgan fingerprint density at radius 1 is 1.60 bits per heavy atom. The summed E-state index contributed by atoms with van der Waals surface area (Å²) in [4.78, 5) is 0. The minimum atomic E-state index is 0.411. The van der Waals surface area contributed by atoms with Crippen LogP contribution < -0.4 is 11.1 Å². The van der Waals surface area contributed by atoms with E-state index in [-0.39, 0.29) is 0 Å². The Balaban J connectivity index is 1.77. The highest BCUT2D eigenvalue weighted by atomic mass is 15.3. The summed E-state index contributed by atoms with van der Waals surface area (Å²) in [7, 11) is 1.93. The van der Waals surface area contributed by atoms with Crippen molar-refractivity contribution in [1.82, 2.24) is 9.78 Å². The maximum atomic E-state index is 5.95. The van der Waals surface area contributed by atoms with Crippen LogP contribution in [-0.4, -0.2) is 22.4 Å². The zero-order valence-corrected chi connectivity index (χ0v) is 9.32. The topological polar surface area (TPSA) is 55.9 Å². The molecule has 0 amide bonds. The fraction of sp³-hybridized carbons (Fsp3) is 0.727. The predicted octanol–water partition coefficient (Wildman–Crippen LogP) is 1.35. The van der Waals surface area contributed by atoms with Crippen LogP contribution in [0.4, 0.5) is 5.82 Å². The molecule has 15 heavy (non-hydrogen) atoms. The molecule has 2 atom stereocenters. The monoisotopic (exact) mass is 208 g/mol. The molecule has 1 aromatic rings.